The summed E-state index contributed by atoms with van der Waals surface area (Å²) in [4.78, 5) is 11.9. The van der Waals surface area contributed by atoms with Crippen LogP contribution in [0.25, 0.3) is 82.0 Å². The molecule has 0 radical (unpaired) electrons. The number of nitrogens with zero attached hydrogens (tertiary/aromatic N) is 4. The largest absolute Gasteiger partial charge is 0.361 e. The third-order valence-corrected chi connectivity index (χ3v) is 10.5. The number of hydrogen-bond acceptors (Lipinski definition) is 3. The van der Waals surface area contributed by atoms with Crippen molar-refractivity contribution < 1.29 is 0 Å². The highest BCUT2D eigenvalue weighted by Crippen LogP contribution is 2.53. The van der Waals surface area contributed by atoms with E-state index in [1.807, 2.05) is 24.3 Å². The van der Waals surface area contributed by atoms with Crippen molar-refractivity contribution in [2.24, 2.45) is 0 Å². The molecule has 0 N–H and O–H groups in total. The van der Waals surface area contributed by atoms with Crippen molar-refractivity contribution in [3.63, 3.8) is 0 Å². The SMILES string of the molecule is [C-]#[N+]c1cc(-c2ccc(-c3c4ccccc4c(-c4ccc(-c5ccnc(C#N)c5)cc4)c4cc5c(cc34)-c3ccccc3C5(C)C)cc2)ccn1. The summed E-state index contributed by atoms with van der Waals surface area (Å²) in [6.07, 6.45) is 3.39. The molecule has 0 atom stereocenters. The number of pyridine rings is 2. The minimum absolute atomic E-state index is 0.150. The number of hydrogen-bond donors (Lipinski definition) is 0. The molecule has 0 amide bonds. The number of benzene rings is 6. The fraction of sp³-hybridized carbons (Fsp3) is 0.0638. The summed E-state index contributed by atoms with van der Waals surface area (Å²) in [6, 6.07) is 49.6. The summed E-state index contributed by atoms with van der Waals surface area (Å²) in [5, 5.41) is 14.2. The van der Waals surface area contributed by atoms with E-state index in [2.05, 4.69) is 144 Å². The molecule has 2 heterocycles. The lowest BCUT2D eigenvalue weighted by Crippen LogP contribution is -2.14. The van der Waals surface area contributed by atoms with Crippen LogP contribution in [0.1, 0.15) is 30.7 Å². The molecule has 4 nitrogen and oxygen atoms in total. The number of aromatic nitrogens is 2. The van der Waals surface area contributed by atoms with Crippen LogP contribution < -0.4 is 0 Å². The van der Waals surface area contributed by atoms with Crippen molar-refractivity contribution >= 4 is 27.4 Å². The Bertz CT molecular complexity index is 2780. The van der Waals surface area contributed by atoms with Gasteiger partial charge in [-0.25, -0.2) is 4.98 Å². The Morgan fingerprint density at radius 2 is 1.08 bits per heavy atom. The zero-order chi connectivity index (χ0) is 34.7. The molecule has 0 fully saturated rings. The predicted octanol–water partition coefficient (Wildman–Crippen LogP) is 12.2. The average Bonchev–Trinajstić information content (AvgIpc) is 3.41. The molecule has 51 heavy (non-hydrogen) atoms. The second kappa shape index (κ2) is 11.6. The van der Waals surface area contributed by atoms with E-state index in [-0.39, 0.29) is 5.41 Å². The van der Waals surface area contributed by atoms with Crippen molar-refractivity contribution in [3.8, 4) is 61.7 Å². The maximum absolute atomic E-state index is 9.43. The number of rotatable bonds is 4. The molecule has 238 valence electrons. The summed E-state index contributed by atoms with van der Waals surface area (Å²) >= 11 is 0. The Balaban J connectivity index is 1.31. The molecular formula is C47H30N4. The number of nitriles is 1. The van der Waals surface area contributed by atoms with Crippen molar-refractivity contribution in [1.29, 1.82) is 5.26 Å². The minimum Gasteiger partial charge on any atom is -0.361 e. The molecule has 0 spiro atoms. The predicted molar refractivity (Wildman–Crippen MR) is 207 cm³/mol. The fourth-order valence-electron chi connectivity index (χ4n) is 7.98. The molecule has 0 aliphatic heterocycles. The second-order valence-electron chi connectivity index (χ2n) is 13.6. The van der Waals surface area contributed by atoms with Crippen molar-refractivity contribution in [3.05, 3.63) is 174 Å². The normalized spacial score (nSPS) is 12.6. The Morgan fingerprint density at radius 3 is 1.71 bits per heavy atom. The zero-order valence-corrected chi connectivity index (χ0v) is 28.1. The summed E-state index contributed by atoms with van der Waals surface area (Å²) in [7, 11) is 0. The Morgan fingerprint density at radius 1 is 0.529 bits per heavy atom. The molecule has 8 aromatic rings. The van der Waals surface area contributed by atoms with Gasteiger partial charge in [-0.15, -0.1) is 4.98 Å². The highest BCUT2D eigenvalue weighted by Gasteiger charge is 2.36. The Hall–Kier alpha value is -6.88. The van der Waals surface area contributed by atoms with Gasteiger partial charge in [0.15, 0.2) is 0 Å². The zero-order valence-electron chi connectivity index (χ0n) is 28.1. The van der Waals surface area contributed by atoms with Gasteiger partial charge in [0.2, 0.25) is 0 Å². The van der Waals surface area contributed by atoms with E-state index in [0.29, 0.717) is 11.5 Å². The number of fused-ring (bicyclic) bond motifs is 5. The maximum atomic E-state index is 9.43. The topological polar surface area (TPSA) is 53.9 Å². The van der Waals surface area contributed by atoms with Gasteiger partial charge in [-0.3, -0.25) is 0 Å². The van der Waals surface area contributed by atoms with Crippen molar-refractivity contribution in [2.75, 3.05) is 0 Å². The monoisotopic (exact) mass is 650 g/mol. The lowest BCUT2D eigenvalue weighted by atomic mass is 9.79. The van der Waals surface area contributed by atoms with E-state index < -0.39 is 0 Å². The van der Waals surface area contributed by atoms with Crippen molar-refractivity contribution in [2.45, 2.75) is 19.3 Å². The molecule has 0 saturated heterocycles. The van der Waals surface area contributed by atoms with E-state index in [4.69, 9.17) is 6.57 Å². The maximum Gasteiger partial charge on any atom is 0.270 e. The van der Waals surface area contributed by atoms with Gasteiger partial charge in [0.25, 0.3) is 5.82 Å². The smallest absolute Gasteiger partial charge is 0.270 e. The highest BCUT2D eigenvalue weighted by atomic mass is 14.8. The lowest BCUT2D eigenvalue weighted by Gasteiger charge is -2.24. The first-order chi connectivity index (χ1) is 24.9. The van der Waals surface area contributed by atoms with Gasteiger partial charge in [-0.05, 0) is 125 Å². The molecule has 0 saturated carbocycles. The minimum atomic E-state index is -0.150. The van der Waals surface area contributed by atoms with Gasteiger partial charge in [-0.2, -0.15) is 5.26 Å². The van der Waals surface area contributed by atoms with Gasteiger partial charge in [0.05, 0.1) is 0 Å². The molecule has 9 rings (SSSR count). The molecule has 1 aliphatic carbocycles. The molecule has 4 heteroatoms. The average molecular weight is 651 g/mol. The summed E-state index contributed by atoms with van der Waals surface area (Å²) < 4.78 is 0. The van der Waals surface area contributed by atoms with Gasteiger partial charge in [0, 0.05) is 11.6 Å². The van der Waals surface area contributed by atoms with Crippen LogP contribution in [0.2, 0.25) is 0 Å². The van der Waals surface area contributed by atoms with Gasteiger partial charge < -0.3 is 4.85 Å². The molecule has 0 unspecified atom stereocenters. The molecular weight excluding hydrogens is 621 g/mol. The van der Waals surface area contributed by atoms with Crippen LogP contribution in [0.4, 0.5) is 5.82 Å². The summed E-state index contributed by atoms with van der Waals surface area (Å²) in [6.45, 7) is 12.1. The molecule has 1 aliphatic rings. The van der Waals surface area contributed by atoms with Crippen LogP contribution >= 0.6 is 0 Å². The van der Waals surface area contributed by atoms with Crippen LogP contribution in [0.15, 0.2) is 146 Å². The van der Waals surface area contributed by atoms with E-state index >= 15 is 0 Å². The van der Waals surface area contributed by atoms with Crippen LogP contribution in [-0.4, -0.2) is 9.97 Å². The fourth-order valence-corrected chi connectivity index (χ4v) is 7.98. The first kappa shape index (κ1) is 30.2. The van der Waals surface area contributed by atoms with Crippen LogP contribution in [0, 0.1) is 17.9 Å². The van der Waals surface area contributed by atoms with Gasteiger partial charge in [-0.1, -0.05) is 117 Å². The van der Waals surface area contributed by atoms with Crippen LogP contribution in [-0.2, 0) is 5.41 Å². The quantitative estimate of drug-likeness (QED) is 0.141. The standard InChI is InChI=1S/C47H30N4/c1-47(2)42-11-7-6-8-36(42)39-26-40-41(27-43(39)47)46(32-16-12-29(13-17-32)33-20-22-50-35(24-33)28-48)38-10-5-4-9-37(38)45(40)31-18-14-30(15-19-31)34-21-23-51-44(25-34)49-3/h4-27H,1-2H3. The third-order valence-electron chi connectivity index (χ3n) is 10.5. The highest BCUT2D eigenvalue weighted by molar-refractivity contribution is 6.22. The van der Waals surface area contributed by atoms with E-state index in [1.54, 1.807) is 12.4 Å². The van der Waals surface area contributed by atoms with Crippen molar-refractivity contribution in [1.82, 2.24) is 9.97 Å². The van der Waals surface area contributed by atoms with E-state index in [9.17, 15) is 5.26 Å². The van der Waals surface area contributed by atoms with Crippen LogP contribution in [0.3, 0.4) is 0 Å². The molecule has 0 bridgehead atoms. The first-order valence-electron chi connectivity index (χ1n) is 17.0. The first-order valence-corrected chi connectivity index (χ1v) is 17.0. The van der Waals surface area contributed by atoms with Gasteiger partial charge >= 0.3 is 0 Å². The third kappa shape index (κ3) is 4.81. The molecule has 2 aromatic heterocycles. The van der Waals surface area contributed by atoms with E-state index in [1.165, 1.54) is 54.9 Å². The second-order valence-corrected chi connectivity index (χ2v) is 13.6. The van der Waals surface area contributed by atoms with Gasteiger partial charge in [0.1, 0.15) is 18.0 Å². The van der Waals surface area contributed by atoms with E-state index in [0.717, 1.165) is 33.4 Å². The summed E-state index contributed by atoms with van der Waals surface area (Å²) in [5.74, 6) is 0.391. The Labute approximate surface area is 296 Å². The lowest BCUT2D eigenvalue weighted by molar-refractivity contribution is 0.661. The van der Waals surface area contributed by atoms with Crippen LogP contribution in [0.5, 0.6) is 0 Å². The molecule has 6 aromatic carbocycles. The summed E-state index contributed by atoms with van der Waals surface area (Å²) in [5.41, 5.74) is 14.2. The Kier molecular flexibility index (Phi) is 6.88.